The van der Waals surface area contributed by atoms with Gasteiger partial charge in [-0.25, -0.2) is 0 Å². The SMILES string of the molecule is CC(=O)OC1CC2C=CC3C=CC1C32. The maximum absolute atomic E-state index is 10.9. The predicted octanol–water partition coefficient (Wildman–Crippen LogP) is 1.93. The Hall–Kier alpha value is -1.05. The second-order valence-corrected chi connectivity index (χ2v) is 4.55. The molecule has 5 atom stereocenters. The maximum Gasteiger partial charge on any atom is 0.302 e. The van der Waals surface area contributed by atoms with Gasteiger partial charge in [-0.3, -0.25) is 4.79 Å². The van der Waals surface area contributed by atoms with Gasteiger partial charge in [0.25, 0.3) is 0 Å². The number of hydrogen-bond acceptors (Lipinski definition) is 2. The quantitative estimate of drug-likeness (QED) is 0.466. The van der Waals surface area contributed by atoms with E-state index in [-0.39, 0.29) is 12.1 Å². The Morgan fingerprint density at radius 2 is 2.07 bits per heavy atom. The van der Waals surface area contributed by atoms with Crippen LogP contribution in [0.4, 0.5) is 0 Å². The Kier molecular flexibility index (Phi) is 1.61. The molecule has 0 bridgehead atoms. The predicted molar refractivity (Wildman–Crippen MR) is 52.4 cm³/mol. The van der Waals surface area contributed by atoms with Crippen molar-refractivity contribution in [3.05, 3.63) is 24.3 Å². The lowest BCUT2D eigenvalue weighted by molar-refractivity contribution is -0.147. The minimum Gasteiger partial charge on any atom is -0.462 e. The molecular formula is C12H14O2. The van der Waals surface area contributed by atoms with E-state index in [1.807, 2.05) is 0 Å². The van der Waals surface area contributed by atoms with Crippen molar-refractivity contribution in [2.45, 2.75) is 19.4 Å². The van der Waals surface area contributed by atoms with Gasteiger partial charge in [-0.1, -0.05) is 24.3 Å². The summed E-state index contributed by atoms with van der Waals surface area (Å²) in [5.74, 6) is 2.29. The average molecular weight is 190 g/mol. The molecule has 3 rings (SSSR count). The molecule has 0 N–H and O–H groups in total. The number of carbonyl (C=O) groups is 1. The number of esters is 1. The second kappa shape index (κ2) is 2.72. The van der Waals surface area contributed by atoms with Crippen LogP contribution >= 0.6 is 0 Å². The molecule has 0 aromatic carbocycles. The molecule has 0 heterocycles. The minimum atomic E-state index is -0.143. The van der Waals surface area contributed by atoms with E-state index in [1.54, 1.807) is 0 Å². The Labute approximate surface area is 83.6 Å². The number of ether oxygens (including phenoxy) is 1. The van der Waals surface area contributed by atoms with Gasteiger partial charge in [0.2, 0.25) is 0 Å². The van der Waals surface area contributed by atoms with Crippen LogP contribution in [0.5, 0.6) is 0 Å². The monoisotopic (exact) mass is 190 g/mol. The van der Waals surface area contributed by atoms with E-state index < -0.39 is 0 Å². The molecule has 0 spiro atoms. The zero-order valence-electron chi connectivity index (χ0n) is 8.22. The molecule has 2 heteroatoms. The highest BCUT2D eigenvalue weighted by Gasteiger charge is 2.49. The van der Waals surface area contributed by atoms with Crippen LogP contribution in [-0.2, 0) is 9.53 Å². The summed E-state index contributed by atoms with van der Waals surface area (Å²) in [4.78, 5) is 10.9. The van der Waals surface area contributed by atoms with Gasteiger partial charge in [-0.05, 0) is 24.2 Å². The van der Waals surface area contributed by atoms with Crippen molar-refractivity contribution in [2.24, 2.45) is 23.7 Å². The van der Waals surface area contributed by atoms with Gasteiger partial charge in [-0.2, -0.15) is 0 Å². The number of hydrogen-bond donors (Lipinski definition) is 0. The molecule has 2 nitrogen and oxygen atoms in total. The van der Waals surface area contributed by atoms with Gasteiger partial charge >= 0.3 is 5.97 Å². The molecule has 0 amide bonds. The summed E-state index contributed by atoms with van der Waals surface area (Å²) in [5, 5.41) is 0. The highest BCUT2D eigenvalue weighted by Crippen LogP contribution is 2.52. The van der Waals surface area contributed by atoms with Crippen molar-refractivity contribution in [2.75, 3.05) is 0 Å². The van der Waals surface area contributed by atoms with Crippen molar-refractivity contribution >= 4 is 5.97 Å². The molecule has 1 fully saturated rings. The van der Waals surface area contributed by atoms with Crippen LogP contribution in [0, 0.1) is 23.7 Å². The van der Waals surface area contributed by atoms with Crippen LogP contribution in [0.1, 0.15) is 13.3 Å². The van der Waals surface area contributed by atoms with Crippen LogP contribution in [0.2, 0.25) is 0 Å². The van der Waals surface area contributed by atoms with Crippen molar-refractivity contribution in [3.8, 4) is 0 Å². The van der Waals surface area contributed by atoms with Gasteiger partial charge in [0, 0.05) is 12.8 Å². The summed E-state index contributed by atoms with van der Waals surface area (Å²) in [6, 6.07) is 0. The van der Waals surface area contributed by atoms with Gasteiger partial charge in [0.1, 0.15) is 6.10 Å². The van der Waals surface area contributed by atoms with Gasteiger partial charge in [0.15, 0.2) is 0 Å². The molecule has 0 aliphatic heterocycles. The summed E-state index contributed by atoms with van der Waals surface area (Å²) in [7, 11) is 0. The molecule has 3 aliphatic carbocycles. The van der Waals surface area contributed by atoms with E-state index in [1.165, 1.54) is 6.92 Å². The molecule has 0 aromatic rings. The van der Waals surface area contributed by atoms with Crippen molar-refractivity contribution in [3.63, 3.8) is 0 Å². The molecule has 74 valence electrons. The average Bonchev–Trinajstić information content (AvgIpc) is 2.68. The Bertz CT molecular complexity index is 329. The lowest BCUT2D eigenvalue weighted by Crippen LogP contribution is -2.21. The van der Waals surface area contributed by atoms with E-state index in [0.717, 1.165) is 6.42 Å². The third kappa shape index (κ3) is 0.999. The molecule has 0 aromatic heterocycles. The molecule has 1 saturated carbocycles. The number of allylic oxidation sites excluding steroid dienone is 3. The van der Waals surface area contributed by atoms with Crippen LogP contribution in [0.3, 0.4) is 0 Å². The van der Waals surface area contributed by atoms with E-state index in [2.05, 4.69) is 24.3 Å². The Balaban J connectivity index is 1.83. The molecule has 3 aliphatic rings. The van der Waals surface area contributed by atoms with Gasteiger partial charge < -0.3 is 4.74 Å². The highest BCUT2D eigenvalue weighted by molar-refractivity contribution is 5.66. The summed E-state index contributed by atoms with van der Waals surface area (Å²) in [6.07, 6.45) is 10.3. The summed E-state index contributed by atoms with van der Waals surface area (Å²) < 4.78 is 5.35. The van der Waals surface area contributed by atoms with E-state index >= 15 is 0 Å². The number of carbonyl (C=O) groups excluding carboxylic acids is 1. The minimum absolute atomic E-state index is 0.133. The summed E-state index contributed by atoms with van der Waals surface area (Å²) in [5.41, 5.74) is 0. The van der Waals surface area contributed by atoms with E-state index in [4.69, 9.17) is 4.74 Å². The van der Waals surface area contributed by atoms with E-state index in [0.29, 0.717) is 23.7 Å². The third-order valence-electron chi connectivity index (χ3n) is 3.77. The summed E-state index contributed by atoms with van der Waals surface area (Å²) in [6.45, 7) is 1.50. The van der Waals surface area contributed by atoms with Crippen LogP contribution in [0.15, 0.2) is 24.3 Å². The largest absolute Gasteiger partial charge is 0.462 e. The third-order valence-corrected chi connectivity index (χ3v) is 3.77. The molecule has 0 saturated heterocycles. The topological polar surface area (TPSA) is 26.3 Å². The number of rotatable bonds is 1. The second-order valence-electron chi connectivity index (χ2n) is 4.55. The van der Waals surface area contributed by atoms with Crippen molar-refractivity contribution in [1.82, 2.24) is 0 Å². The van der Waals surface area contributed by atoms with Crippen molar-refractivity contribution < 1.29 is 9.53 Å². The molecular weight excluding hydrogens is 176 g/mol. The lowest BCUT2D eigenvalue weighted by Gasteiger charge is -2.18. The van der Waals surface area contributed by atoms with Gasteiger partial charge in [-0.15, -0.1) is 0 Å². The summed E-state index contributed by atoms with van der Waals surface area (Å²) >= 11 is 0. The fraction of sp³-hybridized carbons (Fsp3) is 0.583. The first-order valence-electron chi connectivity index (χ1n) is 5.29. The van der Waals surface area contributed by atoms with Crippen LogP contribution in [-0.4, -0.2) is 12.1 Å². The van der Waals surface area contributed by atoms with Crippen LogP contribution < -0.4 is 0 Å². The Morgan fingerprint density at radius 3 is 2.86 bits per heavy atom. The first kappa shape index (κ1) is 8.27. The lowest BCUT2D eigenvalue weighted by atomic mass is 9.90. The highest BCUT2D eigenvalue weighted by atomic mass is 16.5. The Morgan fingerprint density at radius 1 is 1.29 bits per heavy atom. The molecule has 5 unspecified atom stereocenters. The van der Waals surface area contributed by atoms with E-state index in [9.17, 15) is 4.79 Å². The fourth-order valence-corrected chi connectivity index (χ4v) is 3.31. The normalized spacial score (nSPS) is 47.1. The first-order chi connectivity index (χ1) is 6.75. The van der Waals surface area contributed by atoms with Crippen molar-refractivity contribution in [1.29, 1.82) is 0 Å². The molecule has 0 radical (unpaired) electrons. The zero-order chi connectivity index (χ0) is 9.71. The standard InChI is InChI=1S/C12H14O2/c1-7(13)14-11-6-9-3-2-8-4-5-10(11)12(8)9/h2-5,8-12H,6H2,1H3. The first-order valence-corrected chi connectivity index (χ1v) is 5.29. The smallest absolute Gasteiger partial charge is 0.302 e. The molecule has 14 heavy (non-hydrogen) atoms. The van der Waals surface area contributed by atoms with Gasteiger partial charge in [0.05, 0.1) is 0 Å². The maximum atomic E-state index is 10.9. The van der Waals surface area contributed by atoms with Crippen LogP contribution in [0.25, 0.3) is 0 Å². The fourth-order valence-electron chi connectivity index (χ4n) is 3.31. The zero-order valence-corrected chi connectivity index (χ0v) is 8.22.